The Morgan fingerprint density at radius 1 is 1.19 bits per heavy atom. The highest BCUT2D eigenvalue weighted by molar-refractivity contribution is 5.98. The molecule has 3 atom stereocenters. The van der Waals surface area contributed by atoms with Crippen molar-refractivity contribution in [1.29, 1.82) is 0 Å². The molecule has 5 nitrogen and oxygen atoms in total. The number of nitrogens with zero attached hydrogens (tertiary/aromatic N) is 3. The third-order valence-electron chi connectivity index (χ3n) is 6.88. The summed E-state index contributed by atoms with van der Waals surface area (Å²) in [6.45, 7) is 1.92. The van der Waals surface area contributed by atoms with Crippen LogP contribution < -0.4 is 0 Å². The van der Waals surface area contributed by atoms with Crippen LogP contribution in [0.25, 0.3) is 11.4 Å². The largest absolute Gasteiger partial charge is 0.515 e. The third-order valence-corrected chi connectivity index (χ3v) is 6.88. The van der Waals surface area contributed by atoms with E-state index in [0.717, 1.165) is 41.5 Å². The number of hydrogen-bond acceptors (Lipinski definition) is 5. The lowest BCUT2D eigenvalue weighted by molar-refractivity contribution is -0.123. The second kappa shape index (κ2) is 7.38. The Bertz CT molecular complexity index is 1180. The normalized spacial score (nSPS) is 26.4. The molecule has 0 aliphatic heterocycles. The molecule has 0 bridgehead atoms. The highest BCUT2D eigenvalue weighted by atomic mass is 19.1. The maximum atomic E-state index is 13.8. The van der Waals surface area contributed by atoms with Gasteiger partial charge in [-0.25, -0.2) is 14.4 Å². The van der Waals surface area contributed by atoms with Crippen LogP contribution in [-0.2, 0) is 16.6 Å². The van der Waals surface area contributed by atoms with Crippen LogP contribution in [0.2, 0.25) is 0 Å². The van der Waals surface area contributed by atoms with Crippen molar-refractivity contribution in [1.82, 2.24) is 15.0 Å². The second-order valence-corrected chi connectivity index (χ2v) is 8.42. The lowest BCUT2D eigenvalue weighted by Gasteiger charge is -2.50. The van der Waals surface area contributed by atoms with Gasteiger partial charge in [-0.3, -0.25) is 9.78 Å². The minimum Gasteiger partial charge on any atom is -0.515 e. The number of aliphatic hydroxyl groups excluding tert-OH is 1. The molecular weight excluding hydrogens is 393 g/mol. The first kappa shape index (κ1) is 19.5. The molecule has 0 spiro atoms. The Morgan fingerprint density at radius 2 is 2.00 bits per heavy atom. The van der Waals surface area contributed by atoms with Crippen LogP contribution in [0.15, 0.2) is 66.8 Å². The van der Waals surface area contributed by atoms with Crippen LogP contribution in [0, 0.1) is 17.7 Å². The van der Waals surface area contributed by atoms with Gasteiger partial charge in [0, 0.05) is 41.1 Å². The maximum Gasteiger partial charge on any atom is 0.165 e. The molecule has 31 heavy (non-hydrogen) atoms. The fraction of sp³-hybridized carbons (Fsp3) is 0.280. The van der Waals surface area contributed by atoms with Crippen molar-refractivity contribution in [2.45, 2.75) is 31.6 Å². The topological polar surface area (TPSA) is 76.0 Å². The molecule has 1 fully saturated rings. The molecule has 0 amide bonds. The number of pyridine rings is 1. The van der Waals surface area contributed by atoms with Gasteiger partial charge < -0.3 is 5.11 Å². The van der Waals surface area contributed by atoms with Gasteiger partial charge in [-0.15, -0.1) is 0 Å². The summed E-state index contributed by atoms with van der Waals surface area (Å²) in [6, 6.07) is 10.2. The van der Waals surface area contributed by atoms with Crippen LogP contribution in [0.4, 0.5) is 4.39 Å². The van der Waals surface area contributed by atoms with Crippen molar-refractivity contribution in [3.63, 3.8) is 0 Å². The van der Waals surface area contributed by atoms with Crippen molar-refractivity contribution in [3.8, 4) is 11.4 Å². The summed E-state index contributed by atoms with van der Waals surface area (Å²) in [4.78, 5) is 26.7. The molecule has 2 aliphatic carbocycles. The SMILES string of the molecule is C[C@@H]1C(=O)/C(=C\O)C[C@]2(c3ccc(F)cc3)c3nc(-c4cccnc4)ncc3CC[C@@H]12. The lowest BCUT2D eigenvalue weighted by Crippen LogP contribution is -2.51. The van der Waals surface area contributed by atoms with Gasteiger partial charge in [-0.2, -0.15) is 0 Å². The monoisotopic (exact) mass is 415 g/mol. The number of aliphatic hydroxyl groups is 1. The van der Waals surface area contributed by atoms with E-state index in [1.165, 1.54) is 12.1 Å². The predicted octanol–water partition coefficient (Wildman–Crippen LogP) is 4.58. The Balaban J connectivity index is 1.78. The average Bonchev–Trinajstić information content (AvgIpc) is 2.81. The maximum absolute atomic E-state index is 13.8. The van der Waals surface area contributed by atoms with E-state index in [4.69, 9.17) is 4.98 Å². The minimum atomic E-state index is -0.650. The molecule has 1 saturated carbocycles. The Labute approximate surface area is 179 Å². The molecule has 3 aromatic rings. The molecular formula is C25H22FN3O2. The van der Waals surface area contributed by atoms with E-state index in [2.05, 4.69) is 9.97 Å². The number of carbonyl (C=O) groups is 1. The number of Topliss-reactive ketones (excluding diaryl/α,β-unsaturated/α-hetero) is 1. The molecule has 2 aromatic heterocycles. The van der Waals surface area contributed by atoms with Crippen LogP contribution in [-0.4, -0.2) is 25.8 Å². The number of halogens is 1. The van der Waals surface area contributed by atoms with Gasteiger partial charge in [-0.1, -0.05) is 19.1 Å². The number of rotatable bonds is 2. The molecule has 1 N–H and O–H groups in total. The molecule has 0 unspecified atom stereocenters. The summed E-state index contributed by atoms with van der Waals surface area (Å²) in [5, 5.41) is 9.87. The van der Waals surface area contributed by atoms with E-state index >= 15 is 0 Å². The van der Waals surface area contributed by atoms with Gasteiger partial charge in [0.1, 0.15) is 5.82 Å². The van der Waals surface area contributed by atoms with Gasteiger partial charge in [0.15, 0.2) is 11.6 Å². The fourth-order valence-electron chi connectivity index (χ4n) is 5.41. The van der Waals surface area contributed by atoms with E-state index < -0.39 is 5.41 Å². The molecule has 0 saturated heterocycles. The van der Waals surface area contributed by atoms with Crippen LogP contribution in [0.1, 0.15) is 36.6 Å². The van der Waals surface area contributed by atoms with Gasteiger partial charge in [0.25, 0.3) is 0 Å². The van der Waals surface area contributed by atoms with Gasteiger partial charge in [0.2, 0.25) is 0 Å². The second-order valence-electron chi connectivity index (χ2n) is 8.42. The first-order valence-corrected chi connectivity index (χ1v) is 10.4. The summed E-state index contributed by atoms with van der Waals surface area (Å²) >= 11 is 0. The zero-order chi connectivity index (χ0) is 21.6. The third kappa shape index (κ3) is 2.97. The van der Waals surface area contributed by atoms with Gasteiger partial charge in [0.05, 0.1) is 12.0 Å². The van der Waals surface area contributed by atoms with Crippen molar-refractivity contribution in [3.05, 3.63) is 89.5 Å². The Morgan fingerprint density at radius 3 is 2.71 bits per heavy atom. The Hall–Kier alpha value is -3.41. The van der Waals surface area contributed by atoms with E-state index in [1.807, 2.05) is 25.3 Å². The highest BCUT2D eigenvalue weighted by Crippen LogP contribution is 2.55. The number of hydrogen-bond donors (Lipinski definition) is 1. The number of aryl methyl sites for hydroxylation is 1. The van der Waals surface area contributed by atoms with Crippen molar-refractivity contribution >= 4 is 5.78 Å². The van der Waals surface area contributed by atoms with Crippen molar-refractivity contribution in [2.75, 3.05) is 0 Å². The average molecular weight is 415 g/mol. The summed E-state index contributed by atoms with van der Waals surface area (Å²) in [5.41, 5.74) is 3.30. The van der Waals surface area contributed by atoms with Gasteiger partial charge >= 0.3 is 0 Å². The van der Waals surface area contributed by atoms with Crippen molar-refractivity contribution in [2.24, 2.45) is 11.8 Å². The van der Waals surface area contributed by atoms with Crippen LogP contribution in [0.5, 0.6) is 0 Å². The Kier molecular flexibility index (Phi) is 4.65. The number of fused-ring (bicyclic) bond motifs is 3. The molecule has 2 aliphatic rings. The first-order chi connectivity index (χ1) is 15.0. The quantitative estimate of drug-likeness (QED) is 0.490. The zero-order valence-corrected chi connectivity index (χ0v) is 17.1. The van der Waals surface area contributed by atoms with Crippen LogP contribution >= 0.6 is 0 Å². The summed E-state index contributed by atoms with van der Waals surface area (Å²) < 4.78 is 13.8. The van der Waals surface area contributed by atoms with E-state index in [0.29, 0.717) is 17.8 Å². The zero-order valence-electron chi connectivity index (χ0n) is 17.1. The first-order valence-electron chi connectivity index (χ1n) is 10.4. The fourth-order valence-corrected chi connectivity index (χ4v) is 5.41. The van der Waals surface area contributed by atoms with Crippen molar-refractivity contribution < 1.29 is 14.3 Å². The minimum absolute atomic E-state index is 0.0155. The number of ketones is 1. The number of aromatic nitrogens is 3. The molecule has 1 aromatic carbocycles. The summed E-state index contributed by atoms with van der Waals surface area (Å²) in [6.07, 6.45) is 8.09. The molecule has 5 rings (SSSR count). The number of benzene rings is 1. The molecule has 156 valence electrons. The summed E-state index contributed by atoms with van der Waals surface area (Å²) in [7, 11) is 0. The van der Waals surface area contributed by atoms with E-state index in [1.54, 1.807) is 24.5 Å². The molecule has 0 radical (unpaired) electrons. The molecule has 6 heteroatoms. The van der Waals surface area contributed by atoms with Crippen LogP contribution in [0.3, 0.4) is 0 Å². The van der Waals surface area contributed by atoms with E-state index in [9.17, 15) is 14.3 Å². The standard InChI is InChI=1S/C25H22FN3O2/c1-15-21-9-4-16-13-28-24(17-3-2-10-27-12-17)29-23(16)25(21,11-18(14-30)22(15)31)19-5-7-20(26)8-6-19/h2-3,5-8,10,12-15,21,30H,4,9,11H2,1H3/b18-14-/t15-,21-,25+/m0/s1. The van der Waals surface area contributed by atoms with Gasteiger partial charge in [-0.05, 0) is 60.6 Å². The lowest BCUT2D eigenvalue weighted by atomic mass is 9.52. The smallest absolute Gasteiger partial charge is 0.165 e. The predicted molar refractivity (Wildman–Crippen MR) is 114 cm³/mol. The summed E-state index contributed by atoms with van der Waals surface area (Å²) in [5.74, 6) is -0.0897. The number of carbonyl (C=O) groups excluding carboxylic acids is 1. The highest BCUT2D eigenvalue weighted by Gasteiger charge is 2.54. The van der Waals surface area contributed by atoms with E-state index in [-0.39, 0.29) is 23.4 Å². The molecule has 2 heterocycles. The number of allylic oxidation sites excluding steroid dienone is 1.